The van der Waals surface area contributed by atoms with E-state index in [0.29, 0.717) is 31.2 Å². The van der Waals surface area contributed by atoms with E-state index in [4.69, 9.17) is 9.47 Å². The Morgan fingerprint density at radius 2 is 1.55 bits per heavy atom. The van der Waals surface area contributed by atoms with E-state index >= 15 is 0 Å². The van der Waals surface area contributed by atoms with Gasteiger partial charge < -0.3 is 14.8 Å². The van der Waals surface area contributed by atoms with Crippen LogP contribution >= 0.6 is 11.3 Å². The molecular weight excluding hydrogens is 384 g/mol. The van der Waals surface area contributed by atoms with Crippen molar-refractivity contribution in [3.8, 4) is 22.8 Å². The molecule has 1 aromatic heterocycles. The Balaban J connectivity index is 1.57. The number of aryl methyl sites for hydroxylation is 2. The number of ether oxygens (including phenoxy) is 2. The van der Waals surface area contributed by atoms with Crippen LogP contribution in [0.2, 0.25) is 0 Å². The fourth-order valence-electron chi connectivity index (χ4n) is 2.95. The highest BCUT2D eigenvalue weighted by Crippen LogP contribution is 2.31. The van der Waals surface area contributed by atoms with Gasteiger partial charge in [-0.3, -0.25) is 4.79 Å². The fraction of sp³-hybridized carbons (Fsp3) is 0.304. The number of anilines is 1. The van der Waals surface area contributed by atoms with Crippen LogP contribution in [-0.4, -0.2) is 24.1 Å². The number of benzene rings is 2. The molecule has 0 fully saturated rings. The summed E-state index contributed by atoms with van der Waals surface area (Å²) in [5, 5.41) is 3.55. The van der Waals surface area contributed by atoms with Crippen LogP contribution in [0.5, 0.6) is 11.5 Å². The molecule has 0 aliphatic rings. The van der Waals surface area contributed by atoms with E-state index in [0.717, 1.165) is 33.2 Å². The van der Waals surface area contributed by atoms with Crippen LogP contribution in [0.4, 0.5) is 5.13 Å². The first-order valence-electron chi connectivity index (χ1n) is 9.81. The zero-order chi connectivity index (χ0) is 20.6. The molecular formula is C23H26N2O3S. The summed E-state index contributed by atoms with van der Waals surface area (Å²) in [4.78, 5) is 18.0. The number of amides is 1. The van der Waals surface area contributed by atoms with Crippen molar-refractivity contribution in [2.75, 3.05) is 18.5 Å². The average Bonchev–Trinajstić information content (AvgIpc) is 3.08. The van der Waals surface area contributed by atoms with Crippen molar-refractivity contribution in [1.82, 2.24) is 4.98 Å². The lowest BCUT2D eigenvalue weighted by Crippen LogP contribution is -2.12. The molecule has 2 aromatic carbocycles. The third-order valence-electron chi connectivity index (χ3n) is 4.36. The zero-order valence-corrected chi connectivity index (χ0v) is 17.8. The van der Waals surface area contributed by atoms with Crippen LogP contribution < -0.4 is 14.8 Å². The number of nitrogens with one attached hydrogen (secondary N) is 1. The Bertz CT molecular complexity index is 934. The maximum Gasteiger partial charge on any atom is 0.226 e. The summed E-state index contributed by atoms with van der Waals surface area (Å²) >= 11 is 1.49. The standard InChI is InChI=1S/C23H26N2O3S/c1-4-27-19-11-6-17(7-12-19)8-15-21(26)24-23-25-22(16(3)29-23)18-9-13-20(14-10-18)28-5-2/h6-7,9-14H,4-5,8,15H2,1-3H3,(H,24,25,26). The Kier molecular flexibility index (Phi) is 7.25. The van der Waals surface area contributed by atoms with Crippen LogP contribution in [0.15, 0.2) is 48.5 Å². The molecule has 0 bridgehead atoms. The second-order valence-corrected chi connectivity index (χ2v) is 7.71. The molecule has 1 amide bonds. The SMILES string of the molecule is CCOc1ccc(CCC(=O)Nc2nc(-c3ccc(OCC)cc3)c(C)s2)cc1. The van der Waals surface area contributed by atoms with Crippen molar-refractivity contribution in [3.05, 3.63) is 59.0 Å². The quantitative estimate of drug-likeness (QED) is 0.507. The lowest BCUT2D eigenvalue weighted by Gasteiger charge is -2.05. The molecule has 0 saturated carbocycles. The van der Waals surface area contributed by atoms with Crippen LogP contribution in [0.1, 0.15) is 30.7 Å². The topological polar surface area (TPSA) is 60.5 Å². The van der Waals surface area contributed by atoms with E-state index in [1.54, 1.807) is 0 Å². The van der Waals surface area contributed by atoms with Crippen LogP contribution in [0.3, 0.4) is 0 Å². The van der Waals surface area contributed by atoms with Gasteiger partial charge in [-0.05, 0) is 69.2 Å². The van der Waals surface area contributed by atoms with E-state index in [1.807, 2.05) is 69.3 Å². The van der Waals surface area contributed by atoms with Crippen molar-refractivity contribution in [2.45, 2.75) is 33.6 Å². The van der Waals surface area contributed by atoms with E-state index in [1.165, 1.54) is 11.3 Å². The van der Waals surface area contributed by atoms with Gasteiger partial charge in [-0.1, -0.05) is 12.1 Å². The van der Waals surface area contributed by atoms with E-state index in [2.05, 4.69) is 10.3 Å². The Hall–Kier alpha value is -2.86. The number of thiazole rings is 1. The summed E-state index contributed by atoms with van der Waals surface area (Å²) in [5.74, 6) is 1.65. The Morgan fingerprint density at radius 3 is 2.14 bits per heavy atom. The minimum absolute atomic E-state index is 0.0362. The third-order valence-corrected chi connectivity index (χ3v) is 5.24. The molecule has 0 atom stereocenters. The van der Waals surface area contributed by atoms with Crippen molar-refractivity contribution in [3.63, 3.8) is 0 Å². The summed E-state index contributed by atoms with van der Waals surface area (Å²) in [6.45, 7) is 7.22. The molecule has 5 nitrogen and oxygen atoms in total. The van der Waals surface area contributed by atoms with Crippen LogP contribution in [0, 0.1) is 6.92 Å². The molecule has 0 unspecified atom stereocenters. The lowest BCUT2D eigenvalue weighted by atomic mass is 10.1. The monoisotopic (exact) mass is 410 g/mol. The van der Waals surface area contributed by atoms with Crippen molar-refractivity contribution in [1.29, 1.82) is 0 Å². The molecule has 6 heteroatoms. The normalized spacial score (nSPS) is 10.6. The summed E-state index contributed by atoms with van der Waals surface area (Å²) < 4.78 is 10.9. The van der Waals surface area contributed by atoms with Crippen molar-refractivity contribution >= 4 is 22.4 Å². The molecule has 0 radical (unpaired) electrons. The lowest BCUT2D eigenvalue weighted by molar-refractivity contribution is -0.116. The predicted octanol–water partition coefficient (Wildman–Crippen LogP) is 5.49. The number of hydrogen-bond acceptors (Lipinski definition) is 5. The van der Waals surface area contributed by atoms with Crippen molar-refractivity contribution < 1.29 is 14.3 Å². The van der Waals surface area contributed by atoms with Gasteiger partial charge in [0.25, 0.3) is 0 Å². The number of aromatic nitrogens is 1. The fourth-order valence-corrected chi connectivity index (χ4v) is 3.80. The van der Waals surface area contributed by atoms with Gasteiger partial charge in [0.15, 0.2) is 5.13 Å². The van der Waals surface area contributed by atoms with Crippen LogP contribution in [-0.2, 0) is 11.2 Å². The summed E-state index contributed by atoms with van der Waals surface area (Å²) in [6.07, 6.45) is 1.08. The highest BCUT2D eigenvalue weighted by atomic mass is 32.1. The number of carbonyl (C=O) groups is 1. The predicted molar refractivity (Wildman–Crippen MR) is 118 cm³/mol. The first-order valence-corrected chi connectivity index (χ1v) is 10.6. The Morgan fingerprint density at radius 1 is 0.966 bits per heavy atom. The molecule has 3 rings (SSSR count). The second kappa shape index (κ2) is 10.1. The molecule has 29 heavy (non-hydrogen) atoms. The molecule has 1 N–H and O–H groups in total. The van der Waals surface area contributed by atoms with Gasteiger partial charge in [0.1, 0.15) is 11.5 Å². The van der Waals surface area contributed by atoms with E-state index < -0.39 is 0 Å². The highest BCUT2D eigenvalue weighted by molar-refractivity contribution is 7.16. The molecule has 152 valence electrons. The molecule has 1 heterocycles. The molecule has 0 spiro atoms. The number of hydrogen-bond donors (Lipinski definition) is 1. The summed E-state index contributed by atoms with van der Waals surface area (Å²) in [6, 6.07) is 15.7. The van der Waals surface area contributed by atoms with Gasteiger partial charge in [-0.15, -0.1) is 11.3 Å². The smallest absolute Gasteiger partial charge is 0.226 e. The molecule has 3 aromatic rings. The van der Waals surface area contributed by atoms with E-state index in [-0.39, 0.29) is 5.91 Å². The maximum absolute atomic E-state index is 12.3. The average molecular weight is 411 g/mol. The second-order valence-electron chi connectivity index (χ2n) is 6.51. The van der Waals surface area contributed by atoms with Gasteiger partial charge in [-0.25, -0.2) is 4.98 Å². The minimum atomic E-state index is -0.0362. The number of rotatable bonds is 9. The zero-order valence-electron chi connectivity index (χ0n) is 17.0. The molecule has 0 aliphatic heterocycles. The van der Waals surface area contributed by atoms with Crippen LogP contribution in [0.25, 0.3) is 11.3 Å². The highest BCUT2D eigenvalue weighted by Gasteiger charge is 2.12. The van der Waals surface area contributed by atoms with E-state index in [9.17, 15) is 4.79 Å². The largest absolute Gasteiger partial charge is 0.494 e. The minimum Gasteiger partial charge on any atom is -0.494 e. The first kappa shape index (κ1) is 20.9. The van der Waals surface area contributed by atoms with Gasteiger partial charge >= 0.3 is 0 Å². The summed E-state index contributed by atoms with van der Waals surface area (Å²) in [7, 11) is 0. The first-order chi connectivity index (χ1) is 14.1. The Labute approximate surface area is 175 Å². The molecule has 0 aliphatic carbocycles. The van der Waals surface area contributed by atoms with Crippen molar-refractivity contribution in [2.24, 2.45) is 0 Å². The molecule has 0 saturated heterocycles. The van der Waals surface area contributed by atoms with Gasteiger partial charge in [0.05, 0.1) is 18.9 Å². The number of carbonyl (C=O) groups excluding carboxylic acids is 1. The van der Waals surface area contributed by atoms with Gasteiger partial charge in [0.2, 0.25) is 5.91 Å². The summed E-state index contributed by atoms with van der Waals surface area (Å²) in [5.41, 5.74) is 3.01. The van der Waals surface area contributed by atoms with Gasteiger partial charge in [-0.2, -0.15) is 0 Å². The van der Waals surface area contributed by atoms with Gasteiger partial charge in [0, 0.05) is 16.9 Å². The maximum atomic E-state index is 12.3. The third kappa shape index (κ3) is 5.81. The number of nitrogens with zero attached hydrogens (tertiary/aromatic N) is 1.